The van der Waals surface area contributed by atoms with E-state index in [-0.39, 0.29) is 36.0 Å². The third-order valence-corrected chi connectivity index (χ3v) is 6.97. The summed E-state index contributed by atoms with van der Waals surface area (Å²) in [6.07, 6.45) is 2.14. The van der Waals surface area contributed by atoms with Gasteiger partial charge in [-0.05, 0) is 36.5 Å². The Balaban J connectivity index is 1.74. The number of carbonyl (C=O) groups is 1. The number of amides is 1. The summed E-state index contributed by atoms with van der Waals surface area (Å²) in [5.41, 5.74) is 0.943. The van der Waals surface area contributed by atoms with E-state index in [1.165, 1.54) is 6.07 Å². The third kappa shape index (κ3) is 5.41. The third-order valence-electron chi connectivity index (χ3n) is 5.21. The summed E-state index contributed by atoms with van der Waals surface area (Å²) in [5, 5.41) is 0.854. The van der Waals surface area contributed by atoms with Gasteiger partial charge in [-0.1, -0.05) is 27.2 Å². The molecule has 30 heavy (non-hydrogen) atoms. The van der Waals surface area contributed by atoms with Crippen LogP contribution in [0.4, 0.5) is 0 Å². The van der Waals surface area contributed by atoms with E-state index in [1.54, 1.807) is 17.0 Å². The summed E-state index contributed by atoms with van der Waals surface area (Å²) in [5.74, 6) is 0.518. The first-order valence-electron chi connectivity index (χ1n) is 10.4. The molecule has 1 aromatic carbocycles. The molecule has 8 heteroatoms. The average Bonchev–Trinajstić information content (AvgIpc) is 3.03. The highest BCUT2D eigenvalue weighted by Gasteiger charge is 2.35. The van der Waals surface area contributed by atoms with Crippen molar-refractivity contribution in [3.8, 4) is 5.75 Å². The van der Waals surface area contributed by atoms with Gasteiger partial charge in [0.25, 0.3) is 5.91 Å². The highest BCUT2D eigenvalue weighted by molar-refractivity contribution is 7.91. The minimum atomic E-state index is -3.09. The molecule has 0 aliphatic carbocycles. The van der Waals surface area contributed by atoms with Crippen LogP contribution in [0.15, 0.2) is 33.5 Å². The maximum atomic E-state index is 12.8. The minimum Gasteiger partial charge on any atom is -0.484 e. The van der Waals surface area contributed by atoms with Crippen LogP contribution in [-0.2, 0) is 21.1 Å². The van der Waals surface area contributed by atoms with Crippen molar-refractivity contribution < 1.29 is 22.4 Å². The van der Waals surface area contributed by atoms with Crippen molar-refractivity contribution >= 4 is 26.7 Å². The first-order chi connectivity index (χ1) is 14.2. The van der Waals surface area contributed by atoms with Crippen molar-refractivity contribution in [2.45, 2.75) is 46.1 Å². The van der Waals surface area contributed by atoms with Gasteiger partial charge in [-0.25, -0.2) is 13.2 Å². The summed E-state index contributed by atoms with van der Waals surface area (Å²) < 4.78 is 34.7. The zero-order valence-electron chi connectivity index (χ0n) is 17.7. The molecule has 0 saturated carbocycles. The van der Waals surface area contributed by atoms with Crippen molar-refractivity contribution in [1.82, 2.24) is 4.90 Å². The summed E-state index contributed by atoms with van der Waals surface area (Å²) in [6, 6.07) is 6.41. The first-order valence-corrected chi connectivity index (χ1v) is 12.2. The average molecular weight is 436 g/mol. The fourth-order valence-electron chi connectivity index (χ4n) is 3.87. The molecule has 0 bridgehead atoms. The Bertz CT molecular complexity index is 1070. The molecule has 0 N–H and O–H groups in total. The molecular weight excluding hydrogens is 406 g/mol. The van der Waals surface area contributed by atoms with E-state index < -0.39 is 15.5 Å². The summed E-state index contributed by atoms with van der Waals surface area (Å²) in [4.78, 5) is 26.3. The number of ether oxygens (including phenoxy) is 1. The molecule has 1 aliphatic rings. The van der Waals surface area contributed by atoms with E-state index in [4.69, 9.17) is 9.15 Å². The summed E-state index contributed by atoms with van der Waals surface area (Å²) in [6.45, 7) is 6.30. The van der Waals surface area contributed by atoms with Crippen LogP contribution < -0.4 is 10.4 Å². The number of fused-ring (bicyclic) bond motifs is 1. The van der Waals surface area contributed by atoms with Crippen LogP contribution in [0, 0.1) is 5.92 Å². The maximum absolute atomic E-state index is 12.8. The lowest BCUT2D eigenvalue weighted by molar-refractivity contribution is -0.135. The molecule has 1 fully saturated rings. The van der Waals surface area contributed by atoms with Crippen molar-refractivity contribution in [3.63, 3.8) is 0 Å². The van der Waals surface area contributed by atoms with Crippen LogP contribution in [0.2, 0.25) is 0 Å². The van der Waals surface area contributed by atoms with E-state index in [0.717, 1.165) is 23.8 Å². The lowest BCUT2D eigenvalue weighted by Gasteiger charge is -2.29. The Kier molecular flexibility index (Phi) is 6.85. The molecule has 2 aromatic rings. The molecule has 1 amide bonds. The number of hydrogen-bond donors (Lipinski definition) is 0. The Hall–Kier alpha value is -2.35. The Morgan fingerprint density at radius 1 is 1.30 bits per heavy atom. The van der Waals surface area contributed by atoms with E-state index in [9.17, 15) is 18.0 Å². The van der Waals surface area contributed by atoms with Crippen LogP contribution in [-0.4, -0.2) is 49.9 Å². The van der Waals surface area contributed by atoms with Gasteiger partial charge in [-0.15, -0.1) is 0 Å². The highest BCUT2D eigenvalue weighted by Crippen LogP contribution is 2.24. The molecule has 0 spiro atoms. The molecule has 1 aliphatic heterocycles. The van der Waals surface area contributed by atoms with Gasteiger partial charge in [0.15, 0.2) is 16.4 Å². The quantitative estimate of drug-likeness (QED) is 0.592. The second-order valence-electron chi connectivity index (χ2n) is 8.28. The van der Waals surface area contributed by atoms with Crippen LogP contribution in [0.3, 0.4) is 0 Å². The van der Waals surface area contributed by atoms with Crippen molar-refractivity contribution in [3.05, 3.63) is 40.2 Å². The van der Waals surface area contributed by atoms with Crippen LogP contribution in [0.25, 0.3) is 11.0 Å². The van der Waals surface area contributed by atoms with Crippen molar-refractivity contribution in [2.75, 3.05) is 24.7 Å². The molecule has 7 nitrogen and oxygen atoms in total. The van der Waals surface area contributed by atoms with Gasteiger partial charge >= 0.3 is 5.63 Å². The van der Waals surface area contributed by atoms with Gasteiger partial charge < -0.3 is 14.1 Å². The maximum Gasteiger partial charge on any atom is 0.336 e. The van der Waals surface area contributed by atoms with Gasteiger partial charge in [-0.2, -0.15) is 0 Å². The molecule has 1 saturated heterocycles. The van der Waals surface area contributed by atoms with Crippen LogP contribution in [0.1, 0.15) is 39.2 Å². The molecule has 1 aromatic heterocycles. The number of sulfone groups is 1. The number of aryl methyl sites for hydroxylation is 1. The van der Waals surface area contributed by atoms with Gasteiger partial charge in [-0.3, -0.25) is 4.79 Å². The molecule has 3 rings (SSSR count). The summed E-state index contributed by atoms with van der Waals surface area (Å²) in [7, 11) is -3.09. The topological polar surface area (TPSA) is 93.9 Å². The van der Waals surface area contributed by atoms with Crippen LogP contribution >= 0.6 is 0 Å². The number of rotatable bonds is 8. The van der Waals surface area contributed by atoms with Crippen molar-refractivity contribution in [1.29, 1.82) is 0 Å². The zero-order chi connectivity index (χ0) is 21.9. The van der Waals surface area contributed by atoms with Gasteiger partial charge in [0, 0.05) is 30.1 Å². The molecule has 164 valence electrons. The number of benzene rings is 1. The Labute approximate surface area is 176 Å². The van der Waals surface area contributed by atoms with Crippen LogP contribution in [0.5, 0.6) is 5.75 Å². The van der Waals surface area contributed by atoms with E-state index >= 15 is 0 Å². The summed E-state index contributed by atoms with van der Waals surface area (Å²) >= 11 is 0. The first kappa shape index (κ1) is 22.3. The number of nitrogens with zero attached hydrogens (tertiary/aromatic N) is 1. The molecule has 0 unspecified atom stereocenters. The fraction of sp³-hybridized carbons (Fsp3) is 0.545. The minimum absolute atomic E-state index is 0.00674. The molecular formula is C22H29NO6S. The van der Waals surface area contributed by atoms with E-state index in [2.05, 4.69) is 0 Å². The smallest absolute Gasteiger partial charge is 0.336 e. The molecule has 0 radical (unpaired) electrons. The van der Waals surface area contributed by atoms with Gasteiger partial charge in [0.05, 0.1) is 11.5 Å². The highest BCUT2D eigenvalue weighted by atomic mass is 32.2. The van der Waals surface area contributed by atoms with E-state index in [1.807, 2.05) is 26.8 Å². The predicted octanol–water partition coefficient (Wildman–Crippen LogP) is 2.80. The predicted molar refractivity (Wildman–Crippen MR) is 116 cm³/mol. The second-order valence-corrected chi connectivity index (χ2v) is 10.5. The largest absolute Gasteiger partial charge is 0.484 e. The number of hydrogen-bond acceptors (Lipinski definition) is 6. The number of carbonyl (C=O) groups excluding carboxylic acids is 1. The SMILES string of the molecule is CCCc1cc(=O)oc2cc(OCC(=O)N(CC(C)C)[C@@H]3CCS(=O)(=O)C3)ccc12. The van der Waals surface area contributed by atoms with E-state index in [0.29, 0.717) is 24.3 Å². The fourth-order valence-corrected chi connectivity index (χ4v) is 5.60. The monoisotopic (exact) mass is 435 g/mol. The second kappa shape index (κ2) is 9.20. The van der Waals surface area contributed by atoms with Gasteiger partial charge in [0.1, 0.15) is 11.3 Å². The molecule has 1 atom stereocenters. The Morgan fingerprint density at radius 3 is 2.70 bits per heavy atom. The standard InChI is InChI=1S/C22H29NO6S/c1-4-5-16-10-22(25)29-20-11-18(6-7-19(16)20)28-13-21(24)23(12-15(2)3)17-8-9-30(26,27)14-17/h6-7,10-11,15,17H,4-5,8-9,12-14H2,1-3H3/t17-/m1/s1. The zero-order valence-corrected chi connectivity index (χ0v) is 18.5. The molecule has 2 heterocycles. The van der Waals surface area contributed by atoms with Gasteiger partial charge in [0.2, 0.25) is 0 Å². The lowest BCUT2D eigenvalue weighted by atomic mass is 10.1. The normalized spacial score (nSPS) is 18.1. The Morgan fingerprint density at radius 2 is 2.07 bits per heavy atom. The lowest BCUT2D eigenvalue weighted by Crippen LogP contribution is -2.45. The van der Waals surface area contributed by atoms with Crippen molar-refractivity contribution in [2.24, 2.45) is 5.92 Å².